The van der Waals surface area contributed by atoms with E-state index in [2.05, 4.69) is 19.7 Å². The van der Waals surface area contributed by atoms with E-state index in [0.29, 0.717) is 16.7 Å². The Morgan fingerprint density at radius 3 is 2.57 bits per heavy atom. The molecule has 0 radical (unpaired) electrons. The van der Waals surface area contributed by atoms with Gasteiger partial charge in [0.15, 0.2) is 0 Å². The highest BCUT2D eigenvalue weighted by Crippen LogP contribution is 2.32. The van der Waals surface area contributed by atoms with Gasteiger partial charge in [-0.15, -0.1) is 0 Å². The number of aryl methyl sites for hydroxylation is 2. The predicted molar refractivity (Wildman–Crippen MR) is 126 cm³/mol. The van der Waals surface area contributed by atoms with Crippen LogP contribution in [0.3, 0.4) is 0 Å². The summed E-state index contributed by atoms with van der Waals surface area (Å²) in [5.74, 6) is -1.27. The van der Waals surface area contributed by atoms with Crippen LogP contribution >= 0.6 is 0 Å². The number of aromatic nitrogens is 3. The number of ether oxygens (including phenoxy) is 1. The molecule has 0 saturated carbocycles. The molecule has 3 aromatic heterocycles. The van der Waals surface area contributed by atoms with Gasteiger partial charge in [0, 0.05) is 35.8 Å². The molecular formula is C23H19FN5O5S-. The predicted octanol–water partition coefficient (Wildman–Crippen LogP) is 4.45. The number of rotatable bonds is 6. The fourth-order valence-corrected chi connectivity index (χ4v) is 3.81. The number of nitrogens with one attached hydrogen (secondary N) is 1. The lowest BCUT2D eigenvalue weighted by Crippen LogP contribution is -2.12. The fourth-order valence-electron chi connectivity index (χ4n) is 3.32. The molecule has 0 fully saturated rings. The average molecular weight is 497 g/mol. The topological polar surface area (TPSA) is 150 Å². The zero-order valence-electron chi connectivity index (χ0n) is 18.9. The third kappa shape index (κ3) is 4.87. The van der Waals surface area contributed by atoms with Crippen LogP contribution in [0.4, 0.5) is 10.2 Å². The van der Waals surface area contributed by atoms with Crippen LogP contribution in [0.2, 0.25) is 0 Å². The van der Waals surface area contributed by atoms with Crippen LogP contribution < -0.4 is 10.4 Å². The van der Waals surface area contributed by atoms with Crippen molar-refractivity contribution in [1.82, 2.24) is 15.0 Å². The van der Waals surface area contributed by atoms with E-state index in [1.807, 2.05) is 6.92 Å². The summed E-state index contributed by atoms with van der Waals surface area (Å²) in [5.41, 5.74) is 1.09. The van der Waals surface area contributed by atoms with E-state index in [9.17, 15) is 13.2 Å². The molecule has 0 bridgehead atoms. The smallest absolute Gasteiger partial charge is 0.340 e. The normalized spacial score (nSPS) is 11.4. The average Bonchev–Trinajstić information content (AvgIpc) is 2.80. The van der Waals surface area contributed by atoms with E-state index < -0.39 is 32.3 Å². The second-order valence-corrected chi connectivity index (χ2v) is 9.39. The van der Waals surface area contributed by atoms with E-state index in [4.69, 9.17) is 14.6 Å². The number of halogens is 1. The Labute approximate surface area is 199 Å². The number of hydrogen-bond acceptors (Lipinski definition) is 9. The summed E-state index contributed by atoms with van der Waals surface area (Å²) < 4.78 is 53.2. The molecule has 180 valence electrons. The first kappa shape index (κ1) is 24.0. The van der Waals surface area contributed by atoms with Crippen molar-refractivity contribution in [3.63, 3.8) is 0 Å². The van der Waals surface area contributed by atoms with E-state index in [0.717, 1.165) is 12.5 Å². The van der Waals surface area contributed by atoms with Gasteiger partial charge in [-0.25, -0.2) is 27.6 Å². The Bertz CT molecular complexity index is 1620. The molecule has 4 rings (SSSR count). The minimum atomic E-state index is -4.34. The van der Waals surface area contributed by atoms with Gasteiger partial charge in [-0.05, 0) is 55.4 Å². The maximum absolute atomic E-state index is 15.0. The van der Waals surface area contributed by atoms with E-state index >= 15 is 4.39 Å². The van der Waals surface area contributed by atoms with Crippen LogP contribution in [0.5, 0.6) is 11.8 Å². The monoisotopic (exact) mass is 496 g/mol. The zero-order valence-corrected chi connectivity index (χ0v) is 19.7. The van der Waals surface area contributed by atoms with Crippen LogP contribution in [-0.2, 0) is 16.4 Å². The Morgan fingerprint density at radius 2 is 1.89 bits per heavy atom. The molecule has 4 aromatic rings. The SMILES string of the molecule is CC(=N)S(=O)(=O)[N-]c1nccc(Cc2c(C)c3cc(C)c(Oc4ncccn4)cc3oc2=O)c1F. The third-order valence-electron chi connectivity index (χ3n) is 5.24. The van der Waals surface area contributed by atoms with Crippen molar-refractivity contribution in [2.45, 2.75) is 27.2 Å². The summed E-state index contributed by atoms with van der Waals surface area (Å²) in [4.78, 5) is 24.5. The first-order chi connectivity index (χ1) is 16.6. The molecular weight excluding hydrogens is 477 g/mol. The van der Waals surface area contributed by atoms with Gasteiger partial charge in [-0.3, -0.25) is 5.41 Å². The molecule has 0 spiro atoms. The molecule has 0 aliphatic carbocycles. The van der Waals surface area contributed by atoms with Gasteiger partial charge in [0.2, 0.25) is 10.0 Å². The largest absolute Gasteiger partial charge is 0.440 e. The van der Waals surface area contributed by atoms with Crippen molar-refractivity contribution in [2.24, 2.45) is 0 Å². The van der Waals surface area contributed by atoms with Crippen molar-refractivity contribution in [3.8, 4) is 11.8 Å². The van der Waals surface area contributed by atoms with Crippen molar-refractivity contribution >= 4 is 31.9 Å². The van der Waals surface area contributed by atoms with Gasteiger partial charge in [0.1, 0.15) is 22.2 Å². The highest BCUT2D eigenvalue weighted by atomic mass is 32.2. The minimum absolute atomic E-state index is 0.00392. The van der Waals surface area contributed by atoms with Crippen LogP contribution in [0.15, 0.2) is 52.1 Å². The van der Waals surface area contributed by atoms with Crippen molar-refractivity contribution in [1.29, 1.82) is 5.41 Å². The molecule has 35 heavy (non-hydrogen) atoms. The maximum atomic E-state index is 15.0. The van der Waals surface area contributed by atoms with Crippen LogP contribution in [0.1, 0.15) is 29.2 Å². The molecule has 0 aliphatic rings. The molecule has 1 N–H and O–H groups in total. The van der Waals surface area contributed by atoms with Gasteiger partial charge in [-0.2, -0.15) is 0 Å². The molecule has 3 heterocycles. The maximum Gasteiger partial charge on any atom is 0.340 e. The molecule has 12 heteroatoms. The lowest BCUT2D eigenvalue weighted by Gasteiger charge is -2.18. The van der Waals surface area contributed by atoms with Crippen molar-refractivity contribution < 1.29 is 22.0 Å². The van der Waals surface area contributed by atoms with Crippen molar-refractivity contribution in [2.75, 3.05) is 0 Å². The van der Waals surface area contributed by atoms with Crippen LogP contribution in [0, 0.1) is 25.1 Å². The van der Waals surface area contributed by atoms with Gasteiger partial charge in [-0.1, -0.05) is 12.3 Å². The Balaban J connectivity index is 1.72. The number of benzene rings is 1. The standard InChI is InChI=1S/C23H19FN5O5S/c1-12-9-16-13(2)17(10-15-5-8-26-21(20(15)24)29-35(31,32)14(3)25)22(30)33-19(16)11-18(12)34-23-27-6-4-7-28-23/h4-9,11,25H,10H2,1-3H3/q-1. The quantitative estimate of drug-likeness (QED) is 0.234. The second-order valence-electron chi connectivity index (χ2n) is 7.65. The fraction of sp³-hybridized carbons (Fsp3) is 0.174. The molecule has 10 nitrogen and oxygen atoms in total. The highest BCUT2D eigenvalue weighted by molar-refractivity contribution is 8.08. The number of pyridine rings is 1. The Morgan fingerprint density at radius 1 is 1.17 bits per heavy atom. The zero-order chi connectivity index (χ0) is 25.3. The van der Waals surface area contributed by atoms with E-state index in [1.165, 1.54) is 24.7 Å². The van der Waals surface area contributed by atoms with E-state index in [-0.39, 0.29) is 29.1 Å². The molecule has 0 atom stereocenters. The second kappa shape index (κ2) is 9.22. The highest BCUT2D eigenvalue weighted by Gasteiger charge is 2.18. The summed E-state index contributed by atoms with van der Waals surface area (Å²) >= 11 is 0. The Kier molecular flexibility index (Phi) is 6.31. The van der Waals surface area contributed by atoms with Gasteiger partial charge in [0.05, 0.1) is 0 Å². The van der Waals surface area contributed by atoms with Crippen LogP contribution in [-0.4, -0.2) is 28.4 Å². The number of hydrogen-bond donors (Lipinski definition) is 1. The third-order valence-corrected chi connectivity index (χ3v) is 6.42. The van der Waals surface area contributed by atoms with Crippen LogP contribution in [0.25, 0.3) is 15.7 Å². The lowest BCUT2D eigenvalue weighted by atomic mass is 9.98. The number of sulfonamides is 1. The molecule has 0 saturated heterocycles. The molecule has 1 aromatic carbocycles. The number of fused-ring (bicyclic) bond motifs is 1. The summed E-state index contributed by atoms with van der Waals surface area (Å²) in [6, 6.07) is 6.45. The minimum Gasteiger partial charge on any atom is -0.440 e. The Hall–Kier alpha value is -4.19. The van der Waals surface area contributed by atoms with Gasteiger partial charge >= 0.3 is 11.6 Å². The van der Waals surface area contributed by atoms with Gasteiger partial charge in [0.25, 0.3) is 0 Å². The summed E-state index contributed by atoms with van der Waals surface area (Å²) in [6.45, 7) is 4.54. The summed E-state index contributed by atoms with van der Waals surface area (Å²) in [7, 11) is -4.34. The molecule has 0 amide bonds. The lowest BCUT2D eigenvalue weighted by molar-refractivity contribution is 0.437. The summed E-state index contributed by atoms with van der Waals surface area (Å²) in [5, 5.41) is 7.16. The first-order valence-electron chi connectivity index (χ1n) is 10.2. The molecule has 0 aliphatic heterocycles. The first-order valence-corrected chi connectivity index (χ1v) is 11.7. The molecule has 0 unspecified atom stereocenters. The number of nitrogens with zero attached hydrogens (tertiary/aromatic N) is 4. The van der Waals surface area contributed by atoms with Gasteiger partial charge < -0.3 is 18.9 Å². The summed E-state index contributed by atoms with van der Waals surface area (Å²) in [6.07, 6.45) is 4.07. The van der Waals surface area contributed by atoms with E-state index in [1.54, 1.807) is 25.1 Å². The van der Waals surface area contributed by atoms with Crippen molar-refractivity contribution in [3.05, 3.63) is 86.1 Å².